The maximum Gasteiger partial charge on any atom is 0.337 e. The van der Waals surface area contributed by atoms with Crippen LogP contribution in [0.1, 0.15) is 11.1 Å². The molecule has 0 saturated heterocycles. The quantitative estimate of drug-likeness (QED) is 0.576. The summed E-state index contributed by atoms with van der Waals surface area (Å²) < 4.78 is 21.3. The van der Waals surface area contributed by atoms with Crippen LogP contribution in [0.4, 0.5) is 0 Å². The molecule has 0 atom stereocenters. The first-order valence-corrected chi connectivity index (χ1v) is 8.29. The second-order valence-corrected chi connectivity index (χ2v) is 5.78. The second kappa shape index (κ2) is 7.91. The van der Waals surface area contributed by atoms with E-state index in [4.69, 9.17) is 18.9 Å². The maximum atomic E-state index is 12.1. The summed E-state index contributed by atoms with van der Waals surface area (Å²) in [5.41, 5.74) is -0.522. The van der Waals surface area contributed by atoms with Gasteiger partial charge in [-0.1, -0.05) is 6.07 Å². The molecular formula is C20H18O8. The van der Waals surface area contributed by atoms with Crippen molar-refractivity contribution in [1.29, 1.82) is 0 Å². The first kappa shape index (κ1) is 19.1. The Labute approximate surface area is 160 Å². The van der Waals surface area contributed by atoms with Crippen molar-refractivity contribution in [3.05, 3.63) is 47.5 Å². The molecule has 3 rings (SSSR count). The van der Waals surface area contributed by atoms with E-state index in [1.165, 1.54) is 44.6 Å². The predicted molar refractivity (Wildman–Crippen MR) is 99.1 cm³/mol. The number of carbonyl (C=O) groups is 2. The molecule has 0 aromatic heterocycles. The number of methoxy groups -OCH3 is 2. The Kier molecular flexibility index (Phi) is 5.39. The molecule has 2 N–H and O–H groups in total. The lowest BCUT2D eigenvalue weighted by atomic mass is 9.93. The number of benzene rings is 2. The van der Waals surface area contributed by atoms with Crippen molar-refractivity contribution >= 4 is 23.1 Å². The van der Waals surface area contributed by atoms with E-state index in [0.29, 0.717) is 30.5 Å². The van der Waals surface area contributed by atoms with Crippen molar-refractivity contribution in [3.8, 4) is 23.0 Å². The normalized spacial score (nSPS) is 13.4. The Morgan fingerprint density at radius 1 is 0.857 bits per heavy atom. The fourth-order valence-electron chi connectivity index (χ4n) is 2.94. The van der Waals surface area contributed by atoms with Gasteiger partial charge in [0, 0.05) is 11.6 Å². The third kappa shape index (κ3) is 3.57. The summed E-state index contributed by atoms with van der Waals surface area (Å²) in [5.74, 6) is -1.36. The number of fused-ring (bicyclic) bond motifs is 1. The van der Waals surface area contributed by atoms with Crippen molar-refractivity contribution in [1.82, 2.24) is 0 Å². The predicted octanol–water partition coefficient (Wildman–Crippen LogP) is 2.56. The van der Waals surface area contributed by atoms with Crippen LogP contribution >= 0.6 is 0 Å². The van der Waals surface area contributed by atoms with Crippen LogP contribution in [-0.4, -0.2) is 49.6 Å². The summed E-state index contributed by atoms with van der Waals surface area (Å²) >= 11 is 0. The highest BCUT2D eigenvalue weighted by Crippen LogP contribution is 2.38. The van der Waals surface area contributed by atoms with Crippen LogP contribution in [0.15, 0.2) is 36.4 Å². The number of carboxylic acids is 2. The first-order chi connectivity index (χ1) is 13.5. The molecule has 0 fully saturated rings. The van der Waals surface area contributed by atoms with Crippen molar-refractivity contribution in [2.75, 3.05) is 27.4 Å². The monoisotopic (exact) mass is 386 g/mol. The number of hydrogen-bond acceptors (Lipinski definition) is 6. The lowest BCUT2D eigenvalue weighted by molar-refractivity contribution is -0.132. The Bertz CT molecular complexity index is 961. The highest BCUT2D eigenvalue weighted by Gasteiger charge is 2.27. The smallest absolute Gasteiger partial charge is 0.337 e. The van der Waals surface area contributed by atoms with Crippen LogP contribution in [0.3, 0.4) is 0 Å². The average Bonchev–Trinajstić information content (AvgIpc) is 2.70. The summed E-state index contributed by atoms with van der Waals surface area (Å²) in [4.78, 5) is 24.1. The minimum absolute atomic E-state index is 0.114. The van der Waals surface area contributed by atoms with E-state index in [2.05, 4.69) is 0 Å². The van der Waals surface area contributed by atoms with E-state index in [1.807, 2.05) is 0 Å². The molecule has 2 aromatic carbocycles. The summed E-state index contributed by atoms with van der Waals surface area (Å²) in [7, 11) is 2.82. The molecule has 0 bridgehead atoms. The van der Waals surface area contributed by atoms with Gasteiger partial charge >= 0.3 is 11.9 Å². The van der Waals surface area contributed by atoms with Gasteiger partial charge in [-0.05, 0) is 29.8 Å². The van der Waals surface area contributed by atoms with Gasteiger partial charge in [-0.25, -0.2) is 9.59 Å². The largest absolute Gasteiger partial charge is 0.497 e. The number of hydrogen-bond donors (Lipinski definition) is 2. The zero-order chi connectivity index (χ0) is 20.3. The van der Waals surface area contributed by atoms with Crippen LogP contribution in [0.5, 0.6) is 23.0 Å². The minimum atomic E-state index is -1.41. The maximum absolute atomic E-state index is 12.1. The van der Waals surface area contributed by atoms with Gasteiger partial charge < -0.3 is 29.2 Å². The number of carboxylic acid groups (broad SMARTS) is 2. The molecule has 8 nitrogen and oxygen atoms in total. The van der Waals surface area contributed by atoms with Gasteiger partial charge in [-0.3, -0.25) is 0 Å². The highest BCUT2D eigenvalue weighted by molar-refractivity contribution is 6.37. The van der Waals surface area contributed by atoms with Gasteiger partial charge in [0.2, 0.25) is 0 Å². The lowest BCUT2D eigenvalue weighted by Crippen LogP contribution is -2.16. The standard InChI is InChI=1S/C20H18O8/c1-25-12-4-5-13(15(10-12)26-2)18(20(23)24)17(19(21)22)11-3-6-14-16(9-11)28-8-7-27-14/h3-6,9-10H,7-8H2,1-2H3,(H,21,22)(H,23,24)/b18-17-. The topological polar surface area (TPSA) is 112 Å². The molecule has 146 valence electrons. The van der Waals surface area contributed by atoms with E-state index < -0.39 is 23.1 Å². The number of ether oxygens (including phenoxy) is 4. The molecule has 0 spiro atoms. The van der Waals surface area contributed by atoms with E-state index in [9.17, 15) is 19.8 Å². The lowest BCUT2D eigenvalue weighted by Gasteiger charge is -2.19. The zero-order valence-corrected chi connectivity index (χ0v) is 15.2. The Morgan fingerprint density at radius 3 is 2.14 bits per heavy atom. The van der Waals surface area contributed by atoms with Gasteiger partial charge in [0.15, 0.2) is 11.5 Å². The second-order valence-electron chi connectivity index (χ2n) is 5.78. The van der Waals surface area contributed by atoms with Gasteiger partial charge in [0.25, 0.3) is 0 Å². The van der Waals surface area contributed by atoms with E-state index in [-0.39, 0.29) is 16.9 Å². The molecule has 0 amide bonds. The molecule has 2 aromatic rings. The van der Waals surface area contributed by atoms with Crippen molar-refractivity contribution in [3.63, 3.8) is 0 Å². The molecule has 0 aliphatic carbocycles. The molecule has 1 heterocycles. The van der Waals surface area contributed by atoms with E-state index in [0.717, 1.165) is 0 Å². The fraction of sp³-hybridized carbons (Fsp3) is 0.200. The molecule has 1 aliphatic rings. The minimum Gasteiger partial charge on any atom is -0.497 e. The molecule has 28 heavy (non-hydrogen) atoms. The molecule has 1 aliphatic heterocycles. The van der Waals surface area contributed by atoms with Crippen LogP contribution in [0.25, 0.3) is 11.1 Å². The van der Waals surface area contributed by atoms with Crippen molar-refractivity contribution in [2.45, 2.75) is 0 Å². The Balaban J connectivity index is 2.26. The summed E-state index contributed by atoms with van der Waals surface area (Å²) in [6.07, 6.45) is 0. The third-order valence-electron chi connectivity index (χ3n) is 4.19. The van der Waals surface area contributed by atoms with E-state index >= 15 is 0 Å². The average molecular weight is 386 g/mol. The van der Waals surface area contributed by atoms with Gasteiger partial charge in [-0.15, -0.1) is 0 Å². The SMILES string of the molecule is COc1ccc(/C(C(=O)O)=C(/C(=O)O)c2ccc3c(c2)OCCO3)c(OC)c1. The molecule has 0 unspecified atom stereocenters. The van der Waals surface area contributed by atoms with Crippen molar-refractivity contribution in [2.24, 2.45) is 0 Å². The molecule has 0 radical (unpaired) electrons. The Hall–Kier alpha value is -3.68. The third-order valence-corrected chi connectivity index (χ3v) is 4.19. The fourth-order valence-corrected chi connectivity index (χ4v) is 2.94. The molecule has 0 saturated carbocycles. The van der Waals surface area contributed by atoms with Crippen LogP contribution < -0.4 is 18.9 Å². The van der Waals surface area contributed by atoms with Gasteiger partial charge in [0.1, 0.15) is 24.7 Å². The summed E-state index contributed by atoms with van der Waals surface area (Å²) in [6.45, 7) is 0.706. The Morgan fingerprint density at radius 2 is 1.54 bits per heavy atom. The molecular weight excluding hydrogens is 368 g/mol. The van der Waals surface area contributed by atoms with Crippen LogP contribution in [0, 0.1) is 0 Å². The molecule has 8 heteroatoms. The van der Waals surface area contributed by atoms with E-state index in [1.54, 1.807) is 6.07 Å². The summed E-state index contributed by atoms with van der Waals surface area (Å²) in [5, 5.41) is 19.6. The summed E-state index contributed by atoms with van der Waals surface area (Å²) in [6, 6.07) is 8.96. The number of rotatable bonds is 6. The first-order valence-electron chi connectivity index (χ1n) is 8.29. The number of aliphatic carboxylic acids is 2. The van der Waals surface area contributed by atoms with Gasteiger partial charge in [0.05, 0.1) is 25.4 Å². The van der Waals surface area contributed by atoms with Crippen LogP contribution in [0.2, 0.25) is 0 Å². The van der Waals surface area contributed by atoms with Gasteiger partial charge in [-0.2, -0.15) is 0 Å². The zero-order valence-electron chi connectivity index (χ0n) is 15.2. The van der Waals surface area contributed by atoms with Crippen molar-refractivity contribution < 1.29 is 38.7 Å². The van der Waals surface area contributed by atoms with Crippen LogP contribution in [-0.2, 0) is 9.59 Å². The highest BCUT2D eigenvalue weighted by atomic mass is 16.6.